The fourth-order valence-corrected chi connectivity index (χ4v) is 5.39. The van der Waals surface area contributed by atoms with Crippen LogP contribution in [0.1, 0.15) is 28.0 Å². The second kappa shape index (κ2) is 11.8. The molecule has 0 saturated carbocycles. The van der Waals surface area contributed by atoms with Gasteiger partial charge in [-0.2, -0.15) is 5.10 Å². The van der Waals surface area contributed by atoms with Crippen LogP contribution in [0.5, 0.6) is 0 Å². The van der Waals surface area contributed by atoms with Crippen LogP contribution in [-0.4, -0.2) is 81.8 Å². The van der Waals surface area contributed by atoms with E-state index in [9.17, 15) is 9.59 Å². The Bertz CT molecular complexity index is 1510. The maximum absolute atomic E-state index is 13.6. The van der Waals surface area contributed by atoms with E-state index in [1.807, 2.05) is 70.2 Å². The van der Waals surface area contributed by atoms with Crippen molar-refractivity contribution in [2.45, 2.75) is 19.0 Å². The normalized spacial score (nSPS) is 18.0. The summed E-state index contributed by atoms with van der Waals surface area (Å²) in [6, 6.07) is 19.8. The lowest BCUT2D eigenvalue weighted by molar-refractivity contribution is -0.116. The summed E-state index contributed by atoms with van der Waals surface area (Å²) in [6.07, 6.45) is 7.70. The van der Waals surface area contributed by atoms with E-state index in [2.05, 4.69) is 15.2 Å². The molecule has 1 N–H and O–H groups in total. The van der Waals surface area contributed by atoms with Gasteiger partial charge in [-0.05, 0) is 47.9 Å². The second-order valence-corrected chi connectivity index (χ2v) is 10.1. The summed E-state index contributed by atoms with van der Waals surface area (Å²) in [4.78, 5) is 34.3. The lowest BCUT2D eigenvalue weighted by Gasteiger charge is -2.32. The predicted octanol–water partition coefficient (Wildman–Crippen LogP) is 3.30. The SMILES string of the molecule is O=C(C=Cc1ccc(-n2nc(C(=O)N3CCC(N4CCOCC4)C3)c3ccccc32)cc1)NCc1cccnc1. The number of pyridine rings is 1. The number of benzene rings is 2. The van der Waals surface area contributed by atoms with Gasteiger partial charge in [0.25, 0.3) is 5.91 Å². The largest absolute Gasteiger partial charge is 0.379 e. The molecule has 0 aliphatic carbocycles. The molecule has 204 valence electrons. The molecule has 2 saturated heterocycles. The van der Waals surface area contributed by atoms with E-state index in [1.165, 1.54) is 6.08 Å². The summed E-state index contributed by atoms with van der Waals surface area (Å²) in [5.74, 6) is -0.200. The van der Waals surface area contributed by atoms with Gasteiger partial charge >= 0.3 is 0 Å². The Morgan fingerprint density at radius 2 is 1.82 bits per heavy atom. The summed E-state index contributed by atoms with van der Waals surface area (Å²) in [5, 5.41) is 8.51. The summed E-state index contributed by atoms with van der Waals surface area (Å²) < 4.78 is 7.32. The van der Waals surface area contributed by atoms with Crippen molar-refractivity contribution in [2.24, 2.45) is 0 Å². The average Bonchev–Trinajstić information content (AvgIpc) is 3.66. The van der Waals surface area contributed by atoms with Crippen molar-refractivity contribution < 1.29 is 14.3 Å². The Kier molecular flexibility index (Phi) is 7.65. The molecule has 2 aliphatic rings. The minimum Gasteiger partial charge on any atom is -0.379 e. The Morgan fingerprint density at radius 3 is 2.62 bits per heavy atom. The number of fused-ring (bicyclic) bond motifs is 1. The third-order valence-corrected chi connectivity index (χ3v) is 7.56. The molecule has 2 amide bonds. The van der Waals surface area contributed by atoms with Crippen molar-refractivity contribution in [3.8, 4) is 5.69 Å². The predicted molar refractivity (Wildman–Crippen MR) is 153 cm³/mol. The fraction of sp³-hybridized carbons (Fsp3) is 0.290. The highest BCUT2D eigenvalue weighted by Crippen LogP contribution is 2.26. The summed E-state index contributed by atoms with van der Waals surface area (Å²) >= 11 is 0. The molecule has 2 aliphatic heterocycles. The van der Waals surface area contributed by atoms with E-state index in [0.29, 0.717) is 18.3 Å². The van der Waals surface area contributed by atoms with Gasteiger partial charge in [-0.1, -0.05) is 36.4 Å². The first-order valence-electron chi connectivity index (χ1n) is 13.7. The number of rotatable bonds is 7. The molecule has 1 atom stereocenters. The van der Waals surface area contributed by atoms with Crippen LogP contribution in [0.25, 0.3) is 22.7 Å². The number of amides is 2. The highest BCUT2D eigenvalue weighted by molar-refractivity contribution is 6.05. The van der Waals surface area contributed by atoms with Gasteiger partial charge in [-0.15, -0.1) is 0 Å². The number of ether oxygens (including phenoxy) is 1. The van der Waals surface area contributed by atoms with Crippen LogP contribution < -0.4 is 5.32 Å². The van der Waals surface area contributed by atoms with E-state index in [-0.39, 0.29) is 11.8 Å². The zero-order valence-corrected chi connectivity index (χ0v) is 22.3. The monoisotopic (exact) mass is 536 g/mol. The number of carbonyl (C=O) groups excluding carboxylic acids is 2. The standard InChI is InChI=1S/C31H32N6O3/c38-29(33-21-24-4-3-14-32-20-24)12-9-23-7-10-25(11-8-23)37-28-6-2-1-5-27(28)30(34-37)31(39)36-15-13-26(22-36)35-16-18-40-19-17-35/h1-12,14,20,26H,13,15-19,21-22H2,(H,33,38). The molecule has 1 unspecified atom stereocenters. The molecule has 9 nitrogen and oxygen atoms in total. The quantitative estimate of drug-likeness (QED) is 0.365. The molecule has 40 heavy (non-hydrogen) atoms. The highest BCUT2D eigenvalue weighted by Gasteiger charge is 2.33. The van der Waals surface area contributed by atoms with Crippen molar-refractivity contribution in [1.82, 2.24) is 29.9 Å². The Morgan fingerprint density at radius 1 is 1.00 bits per heavy atom. The minimum atomic E-state index is -0.174. The molecule has 4 aromatic rings. The molecule has 2 aromatic heterocycles. The van der Waals surface area contributed by atoms with Gasteiger partial charge in [0, 0.05) is 62.6 Å². The zero-order chi connectivity index (χ0) is 27.3. The van der Waals surface area contributed by atoms with Crippen molar-refractivity contribution >= 4 is 28.8 Å². The van der Waals surface area contributed by atoms with Gasteiger partial charge in [0.15, 0.2) is 5.69 Å². The molecule has 6 rings (SSSR count). The van der Waals surface area contributed by atoms with Crippen LogP contribution in [0.3, 0.4) is 0 Å². The lowest BCUT2D eigenvalue weighted by Crippen LogP contribution is -2.45. The van der Waals surface area contributed by atoms with Crippen LogP contribution in [0.15, 0.2) is 79.1 Å². The van der Waals surface area contributed by atoms with Crippen LogP contribution in [-0.2, 0) is 16.1 Å². The number of nitrogens with zero attached hydrogens (tertiary/aromatic N) is 5. The molecule has 2 aromatic carbocycles. The van der Waals surface area contributed by atoms with Crippen LogP contribution in [0.2, 0.25) is 0 Å². The van der Waals surface area contributed by atoms with E-state index >= 15 is 0 Å². The zero-order valence-electron chi connectivity index (χ0n) is 22.3. The van der Waals surface area contributed by atoms with Crippen LogP contribution in [0, 0.1) is 0 Å². The van der Waals surface area contributed by atoms with Crippen molar-refractivity contribution in [3.63, 3.8) is 0 Å². The number of likely N-dealkylation sites (tertiary alicyclic amines) is 1. The van der Waals surface area contributed by atoms with Crippen LogP contribution >= 0.6 is 0 Å². The smallest absolute Gasteiger partial charge is 0.275 e. The number of carbonyl (C=O) groups is 2. The Labute approximate surface area is 233 Å². The van der Waals surface area contributed by atoms with E-state index < -0.39 is 0 Å². The van der Waals surface area contributed by atoms with Gasteiger partial charge in [0.1, 0.15) is 0 Å². The number of morpholine rings is 1. The Hall–Kier alpha value is -4.34. The first-order chi connectivity index (χ1) is 19.7. The molecule has 0 bridgehead atoms. The Balaban J connectivity index is 1.15. The number of nitrogens with one attached hydrogen (secondary N) is 1. The lowest BCUT2D eigenvalue weighted by atomic mass is 10.1. The molecule has 0 spiro atoms. The first-order valence-corrected chi connectivity index (χ1v) is 13.7. The second-order valence-electron chi connectivity index (χ2n) is 10.1. The van der Waals surface area contributed by atoms with Crippen molar-refractivity contribution in [2.75, 3.05) is 39.4 Å². The van der Waals surface area contributed by atoms with Gasteiger partial charge < -0.3 is 15.0 Å². The maximum atomic E-state index is 13.6. The van der Waals surface area contributed by atoms with Gasteiger partial charge in [0.2, 0.25) is 5.91 Å². The highest BCUT2D eigenvalue weighted by atomic mass is 16.5. The number of hydrogen-bond donors (Lipinski definition) is 1. The molecule has 4 heterocycles. The minimum absolute atomic E-state index is 0.0254. The molecular formula is C31H32N6O3. The summed E-state index contributed by atoms with van der Waals surface area (Å²) in [5.41, 5.74) is 4.04. The molecule has 0 radical (unpaired) electrons. The number of hydrogen-bond acceptors (Lipinski definition) is 6. The average molecular weight is 537 g/mol. The van der Waals surface area contributed by atoms with Gasteiger partial charge in [0.05, 0.1) is 24.4 Å². The first kappa shape index (κ1) is 25.9. The third kappa shape index (κ3) is 5.66. The van der Waals surface area contributed by atoms with E-state index in [4.69, 9.17) is 9.84 Å². The van der Waals surface area contributed by atoms with E-state index in [0.717, 1.165) is 73.5 Å². The molecule has 9 heteroatoms. The van der Waals surface area contributed by atoms with Crippen molar-refractivity contribution in [3.05, 3.63) is 96.0 Å². The van der Waals surface area contributed by atoms with E-state index in [1.54, 1.807) is 18.5 Å². The fourth-order valence-electron chi connectivity index (χ4n) is 5.39. The molecular weight excluding hydrogens is 504 g/mol. The molecule has 2 fully saturated rings. The third-order valence-electron chi connectivity index (χ3n) is 7.56. The van der Waals surface area contributed by atoms with Gasteiger partial charge in [-0.25, -0.2) is 4.68 Å². The topological polar surface area (TPSA) is 92.6 Å². The number of para-hydroxylation sites is 1. The van der Waals surface area contributed by atoms with Crippen molar-refractivity contribution in [1.29, 1.82) is 0 Å². The maximum Gasteiger partial charge on any atom is 0.275 e. The van der Waals surface area contributed by atoms with Gasteiger partial charge in [-0.3, -0.25) is 19.5 Å². The van der Waals surface area contributed by atoms with Crippen LogP contribution in [0.4, 0.5) is 0 Å². The summed E-state index contributed by atoms with van der Waals surface area (Å²) in [7, 11) is 0. The summed E-state index contributed by atoms with van der Waals surface area (Å²) in [6.45, 7) is 5.24. The number of aromatic nitrogens is 3.